The Balaban J connectivity index is 1.33. The van der Waals surface area contributed by atoms with E-state index in [1.807, 2.05) is 18.2 Å². The van der Waals surface area contributed by atoms with Crippen molar-refractivity contribution in [3.63, 3.8) is 0 Å². The lowest BCUT2D eigenvalue weighted by Gasteiger charge is -2.49. The highest BCUT2D eigenvalue weighted by Gasteiger charge is 2.55. The van der Waals surface area contributed by atoms with Gasteiger partial charge in [0, 0.05) is 27.0 Å². The first kappa shape index (κ1) is 26.0. The van der Waals surface area contributed by atoms with E-state index in [1.54, 1.807) is 23.5 Å². The molecular weight excluding hydrogens is 583 g/mol. The highest BCUT2D eigenvalue weighted by Crippen LogP contribution is 2.68. The molecule has 0 atom stereocenters. The van der Waals surface area contributed by atoms with Crippen LogP contribution in [0.15, 0.2) is 127 Å². The summed E-state index contributed by atoms with van der Waals surface area (Å²) in [6, 6.07) is 42.5. The monoisotopic (exact) mass is 609 g/mol. The van der Waals surface area contributed by atoms with Crippen molar-refractivity contribution in [1.82, 2.24) is 0 Å². The number of anilines is 3. The van der Waals surface area contributed by atoms with Gasteiger partial charge < -0.3 is 4.90 Å². The van der Waals surface area contributed by atoms with E-state index in [1.165, 1.54) is 55.9 Å². The predicted octanol–water partition coefficient (Wildman–Crippen LogP) is 10.00. The first-order valence-corrected chi connectivity index (χ1v) is 16.5. The van der Waals surface area contributed by atoms with Crippen LogP contribution in [-0.4, -0.2) is 11.6 Å². The average Bonchev–Trinajstić information content (AvgIpc) is 3.71. The number of fused-ring (bicyclic) bond motifs is 12. The smallest absolute Gasteiger partial charge is 0.197 e. The summed E-state index contributed by atoms with van der Waals surface area (Å²) < 4.78 is 0. The molecule has 0 radical (unpaired) electrons. The lowest BCUT2D eigenvalue weighted by Crippen LogP contribution is -2.40. The first-order valence-electron chi connectivity index (χ1n) is 15.7. The van der Waals surface area contributed by atoms with Gasteiger partial charge in [-0.3, -0.25) is 9.59 Å². The molecule has 0 saturated carbocycles. The molecule has 46 heavy (non-hydrogen) atoms. The van der Waals surface area contributed by atoms with Crippen molar-refractivity contribution in [2.24, 2.45) is 0 Å². The maximum atomic E-state index is 13.5. The number of benzene rings is 5. The SMILES string of the molecule is CC1(C)c2ccccc2N2c3sc(C=C4C(=O)c5ccccc5C4=O)cc3C3(c4ccccc4-c4ccccc43)c3cccc1c32. The van der Waals surface area contributed by atoms with Crippen molar-refractivity contribution in [3.05, 3.63) is 176 Å². The molecule has 0 N–H and O–H groups in total. The molecule has 6 aromatic rings. The molecule has 3 nitrogen and oxygen atoms in total. The zero-order valence-corrected chi connectivity index (χ0v) is 26.1. The summed E-state index contributed by atoms with van der Waals surface area (Å²) in [5.74, 6) is -0.400. The quantitative estimate of drug-likeness (QED) is 0.137. The Bertz CT molecular complexity index is 2320. The minimum absolute atomic E-state index is 0.200. The van der Waals surface area contributed by atoms with Crippen molar-refractivity contribution >= 4 is 45.4 Å². The summed E-state index contributed by atoms with van der Waals surface area (Å²) in [4.78, 5) is 30.4. The van der Waals surface area contributed by atoms with E-state index >= 15 is 0 Å². The van der Waals surface area contributed by atoms with E-state index < -0.39 is 5.41 Å². The predicted molar refractivity (Wildman–Crippen MR) is 185 cm³/mol. The molecule has 10 rings (SSSR count). The van der Waals surface area contributed by atoms with Crippen LogP contribution in [0.5, 0.6) is 0 Å². The van der Waals surface area contributed by atoms with Crippen LogP contribution in [0.1, 0.15) is 72.8 Å². The zero-order chi connectivity index (χ0) is 30.9. The second kappa shape index (κ2) is 8.68. The summed E-state index contributed by atoms with van der Waals surface area (Å²) in [7, 11) is 0. The van der Waals surface area contributed by atoms with Gasteiger partial charge in [-0.15, -0.1) is 11.3 Å². The first-order chi connectivity index (χ1) is 22.4. The molecule has 4 heteroatoms. The average molecular weight is 610 g/mol. The lowest BCUT2D eigenvalue weighted by atomic mass is 9.62. The van der Waals surface area contributed by atoms with Gasteiger partial charge in [-0.25, -0.2) is 0 Å². The topological polar surface area (TPSA) is 37.4 Å². The van der Waals surface area contributed by atoms with E-state index in [0.29, 0.717) is 11.1 Å². The third-order valence-corrected chi connectivity index (χ3v) is 11.7. The van der Waals surface area contributed by atoms with Gasteiger partial charge in [0.1, 0.15) is 5.00 Å². The van der Waals surface area contributed by atoms with E-state index in [9.17, 15) is 9.59 Å². The van der Waals surface area contributed by atoms with Gasteiger partial charge in [0.2, 0.25) is 0 Å². The lowest BCUT2D eigenvalue weighted by molar-refractivity contribution is 0.0990. The zero-order valence-electron chi connectivity index (χ0n) is 25.3. The molecule has 3 heterocycles. The molecule has 4 aliphatic rings. The molecule has 1 aromatic heterocycles. The molecule has 0 unspecified atom stereocenters. The third-order valence-electron chi connectivity index (χ3n) is 10.6. The molecule has 2 aliphatic heterocycles. The fraction of sp³-hybridized carbons (Fsp3) is 0.0952. The number of hydrogen-bond donors (Lipinski definition) is 0. The Kier molecular flexibility index (Phi) is 4.90. The summed E-state index contributed by atoms with van der Waals surface area (Å²) in [5, 5.41) is 1.12. The number of nitrogens with zero attached hydrogens (tertiary/aromatic N) is 1. The Hall–Kier alpha value is -5.32. The second-order valence-electron chi connectivity index (χ2n) is 13.1. The van der Waals surface area contributed by atoms with E-state index in [-0.39, 0.29) is 22.6 Å². The van der Waals surface area contributed by atoms with Crippen molar-refractivity contribution in [3.8, 4) is 11.1 Å². The summed E-state index contributed by atoms with van der Waals surface area (Å²) >= 11 is 1.66. The maximum absolute atomic E-state index is 13.5. The maximum Gasteiger partial charge on any atom is 0.197 e. The van der Waals surface area contributed by atoms with Crippen LogP contribution in [0.2, 0.25) is 0 Å². The number of Topliss-reactive ketones (excluding diaryl/α,β-unsaturated/α-hetero) is 2. The third kappa shape index (κ3) is 2.94. The van der Waals surface area contributed by atoms with Gasteiger partial charge >= 0.3 is 0 Å². The Morgan fingerprint density at radius 3 is 1.74 bits per heavy atom. The second-order valence-corrected chi connectivity index (χ2v) is 14.2. The number of hydrogen-bond acceptors (Lipinski definition) is 4. The number of carbonyl (C=O) groups is 2. The summed E-state index contributed by atoms with van der Waals surface area (Å²) in [6.45, 7) is 4.66. The fourth-order valence-corrected chi connectivity index (χ4v) is 9.86. The molecule has 5 aromatic carbocycles. The highest BCUT2D eigenvalue weighted by atomic mass is 32.1. The van der Waals surface area contributed by atoms with Crippen LogP contribution in [0.4, 0.5) is 16.4 Å². The minimum atomic E-state index is -0.563. The largest absolute Gasteiger partial charge is 0.301 e. The van der Waals surface area contributed by atoms with Crippen molar-refractivity contribution in [1.29, 1.82) is 0 Å². The van der Waals surface area contributed by atoms with E-state index in [2.05, 4.69) is 116 Å². The standard InChI is InChI=1S/C42H27NO2S/c1-41(2)32-18-9-10-21-36(32)43-37-33(41)19-11-20-34(37)42(30-16-7-5-12-25(30)26-13-6-8-17-31(26)42)35-23-24(46-40(35)43)22-29-38(44)27-14-3-4-15-28(27)39(29)45/h3-23H,1-2H3. The van der Waals surface area contributed by atoms with E-state index in [4.69, 9.17) is 0 Å². The number of thiophene rings is 1. The van der Waals surface area contributed by atoms with Gasteiger partial charge in [0.05, 0.1) is 22.4 Å². The fourth-order valence-electron chi connectivity index (χ4n) is 8.68. The number of carbonyl (C=O) groups excluding carboxylic acids is 2. The van der Waals surface area contributed by atoms with Crippen LogP contribution >= 0.6 is 11.3 Å². The van der Waals surface area contributed by atoms with Gasteiger partial charge in [-0.2, -0.15) is 0 Å². The van der Waals surface area contributed by atoms with Crippen LogP contribution in [0.3, 0.4) is 0 Å². The van der Waals surface area contributed by atoms with Crippen LogP contribution in [0.25, 0.3) is 17.2 Å². The van der Waals surface area contributed by atoms with Crippen molar-refractivity contribution < 1.29 is 9.59 Å². The van der Waals surface area contributed by atoms with Crippen LogP contribution in [-0.2, 0) is 10.8 Å². The molecule has 0 saturated heterocycles. The van der Waals surface area contributed by atoms with Gasteiger partial charge in [0.15, 0.2) is 11.6 Å². The van der Waals surface area contributed by atoms with Crippen LogP contribution < -0.4 is 4.90 Å². The molecule has 0 amide bonds. The molecule has 0 fully saturated rings. The molecule has 0 bridgehead atoms. The summed E-state index contributed by atoms with van der Waals surface area (Å²) in [5.41, 5.74) is 12.8. The number of allylic oxidation sites excluding steroid dienone is 1. The molecule has 218 valence electrons. The number of rotatable bonds is 1. The molecule has 2 aliphatic carbocycles. The van der Waals surface area contributed by atoms with E-state index in [0.717, 1.165) is 9.88 Å². The Morgan fingerprint density at radius 2 is 1.09 bits per heavy atom. The highest BCUT2D eigenvalue weighted by molar-refractivity contribution is 7.17. The van der Waals surface area contributed by atoms with Crippen molar-refractivity contribution in [2.45, 2.75) is 24.7 Å². The molecule has 1 spiro atoms. The summed E-state index contributed by atoms with van der Waals surface area (Å²) in [6.07, 6.45) is 1.83. The normalized spacial score (nSPS) is 16.8. The number of para-hydroxylation sites is 2. The van der Waals surface area contributed by atoms with Gasteiger partial charge in [-0.05, 0) is 57.2 Å². The van der Waals surface area contributed by atoms with Gasteiger partial charge in [-0.1, -0.05) is 123 Å². The molecular formula is C42H27NO2S. The van der Waals surface area contributed by atoms with Gasteiger partial charge in [0.25, 0.3) is 0 Å². The van der Waals surface area contributed by atoms with Crippen molar-refractivity contribution in [2.75, 3.05) is 4.90 Å². The van der Waals surface area contributed by atoms with Crippen LogP contribution in [0, 0.1) is 0 Å². The minimum Gasteiger partial charge on any atom is -0.301 e. The Labute approximate surface area is 271 Å². The Morgan fingerprint density at radius 1 is 0.565 bits per heavy atom. The number of ketones is 2.